The molecule has 3 rings (SSSR count). The van der Waals surface area contributed by atoms with Crippen LogP contribution in [0.25, 0.3) is 0 Å². The van der Waals surface area contributed by atoms with E-state index in [-0.39, 0.29) is 0 Å². The summed E-state index contributed by atoms with van der Waals surface area (Å²) >= 11 is 2.37. The number of nitrogens with two attached hydrogens (primary N) is 1. The Morgan fingerprint density at radius 2 is 1.83 bits per heavy atom. The number of nitrogens with zero attached hydrogens (tertiary/aromatic N) is 1. The van der Waals surface area contributed by atoms with Crippen molar-refractivity contribution in [2.75, 3.05) is 17.2 Å². The Hall–Kier alpha value is -1.23. The molecule has 0 unspecified atom stereocenters. The van der Waals surface area contributed by atoms with Crippen molar-refractivity contribution in [3.8, 4) is 0 Å². The maximum absolute atomic E-state index is 5.81. The average molecular weight is 350 g/mol. The molecule has 0 atom stereocenters. The molecule has 92 valence electrons. The molecule has 0 saturated carbocycles. The molecular formula is C15H15IN2. The lowest BCUT2D eigenvalue weighted by Gasteiger charge is -2.31. The van der Waals surface area contributed by atoms with Gasteiger partial charge < -0.3 is 10.6 Å². The predicted molar refractivity (Wildman–Crippen MR) is 84.8 cm³/mol. The zero-order valence-electron chi connectivity index (χ0n) is 10.1. The molecule has 2 N–H and O–H groups in total. The summed E-state index contributed by atoms with van der Waals surface area (Å²) in [7, 11) is 0. The largest absolute Gasteiger partial charge is 0.399 e. The van der Waals surface area contributed by atoms with Crippen molar-refractivity contribution >= 4 is 34.0 Å². The van der Waals surface area contributed by atoms with Gasteiger partial charge in [-0.25, -0.2) is 0 Å². The van der Waals surface area contributed by atoms with Gasteiger partial charge in [-0.2, -0.15) is 0 Å². The molecule has 0 amide bonds. The first-order valence-corrected chi connectivity index (χ1v) is 7.18. The Bertz CT molecular complexity index is 580. The molecule has 1 aliphatic heterocycles. The van der Waals surface area contributed by atoms with Crippen LogP contribution < -0.4 is 10.6 Å². The number of fused-ring (bicyclic) bond motifs is 1. The van der Waals surface area contributed by atoms with E-state index in [1.165, 1.54) is 20.4 Å². The molecule has 1 heterocycles. The maximum Gasteiger partial charge on any atom is 0.0506 e. The van der Waals surface area contributed by atoms with Gasteiger partial charge in [0.2, 0.25) is 0 Å². The Morgan fingerprint density at radius 3 is 2.61 bits per heavy atom. The Kier molecular flexibility index (Phi) is 3.16. The fourth-order valence-electron chi connectivity index (χ4n) is 2.48. The van der Waals surface area contributed by atoms with Crippen LogP contribution in [0.3, 0.4) is 0 Å². The van der Waals surface area contributed by atoms with Crippen LogP contribution in [0.4, 0.5) is 11.4 Å². The fraction of sp³-hybridized carbons (Fsp3) is 0.200. The first-order valence-electron chi connectivity index (χ1n) is 6.11. The molecule has 2 nitrogen and oxygen atoms in total. The predicted octanol–water partition coefficient (Wildman–Crippen LogP) is 3.44. The van der Waals surface area contributed by atoms with E-state index >= 15 is 0 Å². The van der Waals surface area contributed by atoms with E-state index in [9.17, 15) is 0 Å². The van der Waals surface area contributed by atoms with Crippen LogP contribution in [0.1, 0.15) is 11.1 Å². The van der Waals surface area contributed by atoms with Crippen LogP contribution in [-0.4, -0.2) is 6.54 Å². The molecule has 0 fully saturated rings. The van der Waals surface area contributed by atoms with Gasteiger partial charge in [0, 0.05) is 22.3 Å². The van der Waals surface area contributed by atoms with Crippen molar-refractivity contribution in [3.63, 3.8) is 0 Å². The second kappa shape index (κ2) is 4.80. The van der Waals surface area contributed by atoms with E-state index in [2.05, 4.69) is 57.8 Å². The molecule has 0 aliphatic carbocycles. The molecule has 18 heavy (non-hydrogen) atoms. The van der Waals surface area contributed by atoms with Crippen molar-refractivity contribution in [3.05, 3.63) is 57.2 Å². The van der Waals surface area contributed by atoms with Crippen LogP contribution in [0.5, 0.6) is 0 Å². The van der Waals surface area contributed by atoms with E-state index in [4.69, 9.17) is 5.73 Å². The minimum Gasteiger partial charge on any atom is -0.399 e. The van der Waals surface area contributed by atoms with Crippen molar-refractivity contribution in [1.29, 1.82) is 0 Å². The quantitative estimate of drug-likeness (QED) is 0.631. The zero-order chi connectivity index (χ0) is 12.5. The third-order valence-electron chi connectivity index (χ3n) is 3.44. The van der Waals surface area contributed by atoms with Crippen LogP contribution >= 0.6 is 22.6 Å². The Morgan fingerprint density at radius 1 is 1.06 bits per heavy atom. The molecule has 2 aromatic carbocycles. The van der Waals surface area contributed by atoms with Crippen molar-refractivity contribution in [2.24, 2.45) is 0 Å². The van der Waals surface area contributed by atoms with Gasteiger partial charge in [0.25, 0.3) is 0 Å². The lowest BCUT2D eigenvalue weighted by molar-refractivity contribution is 0.730. The van der Waals surface area contributed by atoms with Crippen LogP contribution in [0.2, 0.25) is 0 Å². The lowest BCUT2D eigenvalue weighted by Crippen LogP contribution is -2.30. The van der Waals surface area contributed by atoms with Crippen molar-refractivity contribution < 1.29 is 0 Å². The summed E-state index contributed by atoms with van der Waals surface area (Å²) in [6.45, 7) is 2.08. The van der Waals surface area contributed by atoms with Crippen molar-refractivity contribution in [2.45, 2.75) is 13.0 Å². The molecule has 3 heteroatoms. The first kappa shape index (κ1) is 11.8. The Balaban J connectivity index is 1.92. The summed E-state index contributed by atoms with van der Waals surface area (Å²) < 4.78 is 1.23. The lowest BCUT2D eigenvalue weighted by atomic mass is 9.99. The van der Waals surface area contributed by atoms with E-state index in [1.807, 2.05) is 12.1 Å². The molecular weight excluding hydrogens is 335 g/mol. The third-order valence-corrected chi connectivity index (χ3v) is 4.31. The van der Waals surface area contributed by atoms with Crippen LogP contribution in [-0.2, 0) is 13.0 Å². The van der Waals surface area contributed by atoms with Crippen LogP contribution in [0, 0.1) is 3.57 Å². The summed E-state index contributed by atoms with van der Waals surface area (Å²) in [4.78, 5) is 2.43. The smallest absolute Gasteiger partial charge is 0.0506 e. The standard InChI is InChI=1S/C15H15IN2/c16-14-9-13(17)5-6-15(14)18-8-7-11-3-1-2-4-12(11)10-18/h1-6,9H,7-8,10,17H2. The van der Waals surface area contributed by atoms with Gasteiger partial charge in [-0.3, -0.25) is 0 Å². The topological polar surface area (TPSA) is 29.3 Å². The molecule has 0 bridgehead atoms. The van der Waals surface area contributed by atoms with Gasteiger partial charge in [-0.15, -0.1) is 0 Å². The zero-order valence-corrected chi connectivity index (χ0v) is 12.2. The highest BCUT2D eigenvalue weighted by Gasteiger charge is 2.17. The number of benzene rings is 2. The second-order valence-corrected chi connectivity index (χ2v) is 5.81. The first-order chi connectivity index (χ1) is 8.74. The van der Waals surface area contributed by atoms with Gasteiger partial charge in [0.1, 0.15) is 0 Å². The summed E-state index contributed by atoms with van der Waals surface area (Å²) in [6, 6.07) is 14.9. The van der Waals surface area contributed by atoms with Gasteiger partial charge in [0.15, 0.2) is 0 Å². The monoisotopic (exact) mass is 350 g/mol. The number of hydrogen-bond donors (Lipinski definition) is 1. The van der Waals surface area contributed by atoms with E-state index < -0.39 is 0 Å². The van der Waals surface area contributed by atoms with Gasteiger partial charge in [-0.05, 0) is 58.3 Å². The highest BCUT2D eigenvalue weighted by molar-refractivity contribution is 14.1. The van der Waals surface area contributed by atoms with Crippen LogP contribution in [0.15, 0.2) is 42.5 Å². The van der Waals surface area contributed by atoms with E-state index in [1.54, 1.807) is 0 Å². The number of nitrogen functional groups attached to an aromatic ring is 1. The van der Waals surface area contributed by atoms with Crippen molar-refractivity contribution in [1.82, 2.24) is 0 Å². The molecule has 0 aromatic heterocycles. The number of halogens is 1. The van der Waals surface area contributed by atoms with Gasteiger partial charge in [-0.1, -0.05) is 24.3 Å². The maximum atomic E-state index is 5.81. The fourth-order valence-corrected chi connectivity index (χ4v) is 3.36. The van der Waals surface area contributed by atoms with Gasteiger partial charge in [0.05, 0.1) is 5.69 Å². The molecule has 0 spiro atoms. The number of anilines is 2. The average Bonchev–Trinajstić information content (AvgIpc) is 2.38. The highest BCUT2D eigenvalue weighted by atomic mass is 127. The summed E-state index contributed by atoms with van der Waals surface area (Å²) in [5.74, 6) is 0. The minimum absolute atomic E-state index is 0.834. The summed E-state index contributed by atoms with van der Waals surface area (Å²) in [5, 5.41) is 0. The SMILES string of the molecule is Nc1ccc(N2CCc3ccccc3C2)c(I)c1. The number of hydrogen-bond acceptors (Lipinski definition) is 2. The molecule has 1 aliphatic rings. The van der Waals surface area contributed by atoms with Gasteiger partial charge >= 0.3 is 0 Å². The summed E-state index contributed by atoms with van der Waals surface area (Å²) in [6.07, 6.45) is 1.12. The highest BCUT2D eigenvalue weighted by Crippen LogP contribution is 2.29. The summed E-state index contributed by atoms with van der Waals surface area (Å²) in [5.41, 5.74) is 10.9. The number of rotatable bonds is 1. The molecule has 2 aromatic rings. The Labute approximate surface area is 121 Å². The molecule has 0 radical (unpaired) electrons. The molecule has 0 saturated heterocycles. The normalized spacial score (nSPS) is 14.4. The minimum atomic E-state index is 0.834. The van der Waals surface area contributed by atoms with E-state index in [0.29, 0.717) is 0 Å². The van der Waals surface area contributed by atoms with E-state index in [0.717, 1.165) is 25.2 Å². The second-order valence-electron chi connectivity index (χ2n) is 4.65. The third kappa shape index (κ3) is 2.19.